The summed E-state index contributed by atoms with van der Waals surface area (Å²) in [6, 6.07) is 0. The van der Waals surface area contributed by atoms with Crippen LogP contribution in [0.2, 0.25) is 0 Å². The molecular weight excluding hydrogens is 551 g/mol. The monoisotopic (exact) mass is 552 g/mol. The van der Waals surface area contributed by atoms with Crippen molar-refractivity contribution in [1.82, 2.24) is 0 Å². The molecule has 0 aromatic carbocycles. The van der Waals surface area contributed by atoms with E-state index >= 15 is 0 Å². The van der Waals surface area contributed by atoms with E-state index in [4.69, 9.17) is 0 Å². The quantitative estimate of drug-likeness (QED) is 0.252. The summed E-state index contributed by atoms with van der Waals surface area (Å²) < 4.78 is 267. The number of halogens is 21. The molecule has 22 heteroatoms. The molecule has 0 rings (SSSR count). The zero-order valence-corrected chi connectivity index (χ0v) is 14.3. The predicted molar refractivity (Wildman–Crippen MR) is 59.6 cm³/mol. The maximum Gasteiger partial charge on any atom is 0.460 e. The first-order valence-electron chi connectivity index (χ1n) is 6.44. The first kappa shape index (κ1) is 30.9. The highest BCUT2D eigenvalue weighted by Crippen LogP contribution is 2.66. The molecule has 0 fully saturated rings. The minimum absolute atomic E-state index is 1.18. The molecule has 0 spiro atoms. The number of thiol groups is 1. The maximum absolute atomic E-state index is 13.2. The van der Waals surface area contributed by atoms with Crippen LogP contribution in [0, 0.1) is 0 Å². The zero-order valence-electron chi connectivity index (χ0n) is 13.4. The molecule has 1 atom stereocenters. The van der Waals surface area contributed by atoms with Crippen LogP contribution in [0.25, 0.3) is 0 Å². The molecule has 0 N–H and O–H groups in total. The molecule has 0 aliphatic heterocycles. The third-order valence-electron chi connectivity index (χ3n) is 3.51. The van der Waals surface area contributed by atoms with Gasteiger partial charge in [0.05, 0.1) is 0 Å². The first-order chi connectivity index (χ1) is 13.2. The second kappa shape index (κ2) is 7.19. The van der Waals surface area contributed by atoms with Gasteiger partial charge in [0.2, 0.25) is 0 Å². The largest absolute Gasteiger partial charge is 0.460 e. The number of hydrogen-bond acceptors (Lipinski definition) is 1. The van der Waals surface area contributed by atoms with Crippen LogP contribution in [0.3, 0.4) is 0 Å². The van der Waals surface area contributed by atoms with Crippen LogP contribution < -0.4 is 0 Å². The lowest BCUT2D eigenvalue weighted by Crippen LogP contribution is -2.76. The fourth-order valence-corrected chi connectivity index (χ4v) is 1.69. The second-order valence-electron chi connectivity index (χ2n) is 5.64. The summed E-state index contributed by atoms with van der Waals surface area (Å²) in [6.07, 6.45) is -15.5. The van der Waals surface area contributed by atoms with E-state index < -0.39 is 58.8 Å². The van der Waals surface area contributed by atoms with E-state index in [0.717, 1.165) is 0 Å². The molecule has 0 heterocycles. The van der Waals surface area contributed by atoms with Gasteiger partial charge >= 0.3 is 58.8 Å². The fourth-order valence-electron chi connectivity index (χ4n) is 1.55. The molecule has 32 heavy (non-hydrogen) atoms. The predicted octanol–water partition coefficient (Wildman–Crippen LogP) is 7.15. The summed E-state index contributed by atoms with van der Waals surface area (Å²) >= 11 is 1.18. The Morgan fingerprint density at radius 2 is 0.438 bits per heavy atom. The van der Waals surface area contributed by atoms with E-state index in [1.54, 1.807) is 0 Å². The van der Waals surface area contributed by atoms with E-state index in [0.29, 0.717) is 0 Å². The van der Waals surface area contributed by atoms with Crippen LogP contribution in [0.4, 0.5) is 92.2 Å². The van der Waals surface area contributed by atoms with Crippen molar-refractivity contribution in [1.29, 1.82) is 0 Å². The summed E-state index contributed by atoms with van der Waals surface area (Å²) in [7, 11) is 0. The molecule has 1 unspecified atom stereocenters. The summed E-state index contributed by atoms with van der Waals surface area (Å²) in [4.78, 5) is 0. The van der Waals surface area contributed by atoms with Crippen molar-refractivity contribution < 1.29 is 92.2 Å². The van der Waals surface area contributed by atoms with Gasteiger partial charge in [-0.1, -0.05) is 0 Å². The second-order valence-corrected chi connectivity index (χ2v) is 6.25. The maximum atomic E-state index is 13.2. The molecule has 0 aromatic heterocycles. The van der Waals surface area contributed by atoms with Gasteiger partial charge in [0, 0.05) is 0 Å². The topological polar surface area (TPSA) is 0 Å². The smallest absolute Gasteiger partial charge is 0.215 e. The molecule has 0 saturated heterocycles. The van der Waals surface area contributed by atoms with E-state index in [1.807, 2.05) is 0 Å². The summed E-state index contributed by atoms with van der Waals surface area (Å²) in [6.45, 7) is 0. The molecule has 0 aliphatic carbocycles. The first-order valence-corrected chi connectivity index (χ1v) is 6.89. The minimum atomic E-state index is -9.11. The SMILES string of the molecule is FC(F)(F)C(F)(F)C(F)(F)C(F)(F)C(F)(F)C(F)(F)C(F)(F)C(F)(F)C(F)(S)C(F)(F)F. The number of alkyl halides is 21. The lowest BCUT2D eigenvalue weighted by atomic mass is 9.87. The van der Waals surface area contributed by atoms with E-state index in [2.05, 4.69) is 0 Å². The average Bonchev–Trinajstić information content (AvgIpc) is 2.51. The highest BCUT2D eigenvalue weighted by atomic mass is 32.1. The summed E-state index contributed by atoms with van der Waals surface area (Å²) in [5, 5.41) is -7.29. The molecule has 0 aromatic rings. The molecule has 0 saturated carbocycles. The van der Waals surface area contributed by atoms with Gasteiger partial charge in [-0.25, -0.2) is 4.39 Å². The lowest BCUT2D eigenvalue weighted by molar-refractivity contribution is -0.467. The third kappa shape index (κ3) is 3.52. The van der Waals surface area contributed by atoms with E-state index in [9.17, 15) is 92.2 Å². The average molecular weight is 552 g/mol. The van der Waals surface area contributed by atoms with Crippen molar-refractivity contribution in [3.63, 3.8) is 0 Å². The van der Waals surface area contributed by atoms with E-state index in [-0.39, 0.29) is 0 Å². The van der Waals surface area contributed by atoms with Crippen LogP contribution in [0.15, 0.2) is 0 Å². The van der Waals surface area contributed by atoms with Gasteiger partial charge in [0.15, 0.2) is 0 Å². The fraction of sp³-hybridized carbons (Fsp3) is 1.00. The molecule has 0 bridgehead atoms. The standard InChI is InChI=1S/C10HF21S/c11-1(12,3(15,16)5(19,20)7(23,24)9(26,27)28)2(13,14)4(17,18)6(21,22)8(25,32)10(29,30)31/h32H. The minimum Gasteiger partial charge on any atom is -0.215 e. The van der Waals surface area contributed by atoms with Crippen LogP contribution in [0.1, 0.15) is 0 Å². The molecule has 0 amide bonds. The Kier molecular flexibility index (Phi) is 6.94. The van der Waals surface area contributed by atoms with E-state index in [1.165, 1.54) is 12.6 Å². The van der Waals surface area contributed by atoms with Crippen molar-refractivity contribution in [2.75, 3.05) is 0 Å². The van der Waals surface area contributed by atoms with Gasteiger partial charge < -0.3 is 0 Å². The zero-order chi connectivity index (χ0) is 27.0. The normalized spacial score (nSPS) is 18.6. The van der Waals surface area contributed by atoms with Gasteiger partial charge in [-0.3, -0.25) is 0 Å². The Morgan fingerprint density at radius 3 is 0.625 bits per heavy atom. The summed E-state index contributed by atoms with van der Waals surface area (Å²) in [5.74, 6) is -61.6. The van der Waals surface area contributed by atoms with Crippen molar-refractivity contribution in [3.8, 4) is 0 Å². The van der Waals surface area contributed by atoms with Crippen LogP contribution in [-0.4, -0.2) is 58.8 Å². The number of rotatable bonds is 7. The van der Waals surface area contributed by atoms with Crippen molar-refractivity contribution >= 4 is 12.6 Å². The third-order valence-corrected chi connectivity index (χ3v) is 4.05. The number of hydrogen-bond donors (Lipinski definition) is 1. The Labute approximate surface area is 165 Å². The highest BCUT2D eigenvalue weighted by Gasteiger charge is 2.97. The van der Waals surface area contributed by atoms with Gasteiger partial charge in [0.1, 0.15) is 0 Å². The molecule has 194 valence electrons. The van der Waals surface area contributed by atoms with Gasteiger partial charge in [-0.15, -0.1) is 12.6 Å². The Morgan fingerprint density at radius 1 is 0.250 bits per heavy atom. The molecule has 0 nitrogen and oxygen atoms in total. The van der Waals surface area contributed by atoms with Crippen molar-refractivity contribution in [2.45, 2.75) is 58.8 Å². The van der Waals surface area contributed by atoms with Crippen molar-refractivity contribution in [2.24, 2.45) is 0 Å². The molecule has 0 radical (unpaired) electrons. The van der Waals surface area contributed by atoms with Crippen LogP contribution in [-0.2, 0) is 0 Å². The van der Waals surface area contributed by atoms with Gasteiger partial charge in [-0.05, 0) is 0 Å². The van der Waals surface area contributed by atoms with Gasteiger partial charge in [0.25, 0.3) is 0 Å². The Hall–Kier alpha value is -1.12. The Bertz CT molecular complexity index is 632. The summed E-state index contributed by atoms with van der Waals surface area (Å²) in [5.41, 5.74) is 0. The van der Waals surface area contributed by atoms with Crippen LogP contribution >= 0.6 is 12.6 Å². The molecular formula is C10HF21S. The van der Waals surface area contributed by atoms with Crippen molar-refractivity contribution in [3.05, 3.63) is 0 Å². The lowest BCUT2D eigenvalue weighted by Gasteiger charge is -2.44. The molecule has 0 aliphatic rings. The highest BCUT2D eigenvalue weighted by molar-refractivity contribution is 7.81. The Balaban J connectivity index is 7.00. The van der Waals surface area contributed by atoms with Gasteiger partial charge in [-0.2, -0.15) is 87.8 Å². The van der Waals surface area contributed by atoms with Crippen LogP contribution in [0.5, 0.6) is 0 Å².